The van der Waals surface area contributed by atoms with Crippen molar-refractivity contribution in [2.75, 3.05) is 11.9 Å². The number of carbonyl (C=O) groups is 1. The third-order valence-corrected chi connectivity index (χ3v) is 3.85. The molecule has 3 aromatic heterocycles. The molecule has 0 saturated carbocycles. The van der Waals surface area contributed by atoms with E-state index in [4.69, 9.17) is 9.26 Å². The fourth-order valence-electron chi connectivity index (χ4n) is 1.76. The molecular formula is C14H14N6O3S. The number of rotatable bonds is 7. The number of nitrogens with one attached hydrogen (secondary N) is 1. The number of pyridine rings is 1. The summed E-state index contributed by atoms with van der Waals surface area (Å²) in [7, 11) is 0. The van der Waals surface area contributed by atoms with Gasteiger partial charge in [-0.2, -0.15) is 4.98 Å². The van der Waals surface area contributed by atoms with Gasteiger partial charge in [0.25, 0.3) is 11.8 Å². The van der Waals surface area contributed by atoms with Gasteiger partial charge in [-0.1, -0.05) is 23.4 Å². The van der Waals surface area contributed by atoms with E-state index in [0.717, 1.165) is 17.0 Å². The number of hydrogen-bond donors (Lipinski definition) is 1. The van der Waals surface area contributed by atoms with E-state index >= 15 is 0 Å². The third kappa shape index (κ3) is 4.18. The van der Waals surface area contributed by atoms with Crippen molar-refractivity contribution in [2.45, 2.75) is 20.0 Å². The fourth-order valence-corrected chi connectivity index (χ4v) is 2.45. The van der Waals surface area contributed by atoms with E-state index < -0.39 is 0 Å². The van der Waals surface area contributed by atoms with Crippen LogP contribution in [0.3, 0.4) is 0 Å². The number of nitrogens with zero attached hydrogens (tertiary/aromatic N) is 5. The number of aromatic nitrogens is 5. The van der Waals surface area contributed by atoms with Gasteiger partial charge in [-0.05, 0) is 18.6 Å². The first kappa shape index (κ1) is 16.1. The van der Waals surface area contributed by atoms with Gasteiger partial charge in [0.05, 0.1) is 0 Å². The summed E-state index contributed by atoms with van der Waals surface area (Å²) in [4.78, 5) is 19.9. The van der Waals surface area contributed by atoms with Crippen molar-refractivity contribution < 1.29 is 14.1 Å². The van der Waals surface area contributed by atoms with Crippen LogP contribution in [0.4, 0.5) is 5.13 Å². The molecule has 0 unspecified atom stereocenters. The molecule has 3 aromatic rings. The molecule has 3 rings (SSSR count). The van der Waals surface area contributed by atoms with Crippen molar-refractivity contribution in [1.82, 2.24) is 25.3 Å². The highest BCUT2D eigenvalue weighted by atomic mass is 32.1. The average molecular weight is 346 g/mol. The van der Waals surface area contributed by atoms with Crippen molar-refractivity contribution >= 4 is 22.4 Å². The number of carbonyl (C=O) groups excluding carboxylic acids is 1. The Hall–Kier alpha value is -2.72. The van der Waals surface area contributed by atoms with Gasteiger partial charge in [-0.3, -0.25) is 15.1 Å². The van der Waals surface area contributed by atoms with Crippen molar-refractivity contribution in [3.8, 4) is 11.4 Å². The molecular weight excluding hydrogens is 332 g/mol. The minimum absolute atomic E-state index is 0.0387. The molecule has 0 aliphatic rings. The van der Waals surface area contributed by atoms with E-state index in [9.17, 15) is 4.79 Å². The summed E-state index contributed by atoms with van der Waals surface area (Å²) in [6, 6.07) is 3.60. The second-order valence-electron chi connectivity index (χ2n) is 4.65. The quantitative estimate of drug-likeness (QED) is 0.687. The highest BCUT2D eigenvalue weighted by Gasteiger charge is 2.11. The summed E-state index contributed by atoms with van der Waals surface area (Å²) in [6.45, 7) is 1.86. The van der Waals surface area contributed by atoms with E-state index in [-0.39, 0.29) is 25.0 Å². The summed E-state index contributed by atoms with van der Waals surface area (Å²) in [6.07, 6.45) is 4.07. The fraction of sp³-hybridized carbons (Fsp3) is 0.286. The van der Waals surface area contributed by atoms with Crippen molar-refractivity contribution in [3.63, 3.8) is 0 Å². The minimum Gasteiger partial charge on any atom is -0.362 e. The third-order valence-electron chi connectivity index (χ3n) is 2.86. The first-order chi connectivity index (χ1) is 11.7. The van der Waals surface area contributed by atoms with Crippen LogP contribution >= 0.6 is 11.3 Å². The Bertz CT molecular complexity index is 804. The topological polar surface area (TPSA) is 116 Å². The Morgan fingerprint density at radius 1 is 1.42 bits per heavy atom. The Morgan fingerprint density at radius 2 is 2.33 bits per heavy atom. The Balaban J connectivity index is 1.46. The van der Waals surface area contributed by atoms with Crippen molar-refractivity contribution in [2.24, 2.45) is 0 Å². The second kappa shape index (κ2) is 7.70. The summed E-state index contributed by atoms with van der Waals surface area (Å²) in [5.74, 6) is 0.388. The van der Waals surface area contributed by atoms with Crippen LogP contribution in [-0.2, 0) is 22.6 Å². The van der Waals surface area contributed by atoms with Crippen molar-refractivity contribution in [3.05, 3.63) is 35.4 Å². The molecule has 0 atom stereocenters. The van der Waals surface area contributed by atoms with Gasteiger partial charge >= 0.3 is 0 Å². The molecule has 1 amide bonds. The van der Waals surface area contributed by atoms with E-state index in [1.165, 1.54) is 11.3 Å². The van der Waals surface area contributed by atoms with E-state index in [0.29, 0.717) is 11.0 Å². The van der Waals surface area contributed by atoms with Gasteiger partial charge in [-0.25, -0.2) is 0 Å². The van der Waals surface area contributed by atoms with Crippen LogP contribution < -0.4 is 5.32 Å². The van der Waals surface area contributed by atoms with Gasteiger partial charge in [0.1, 0.15) is 18.2 Å². The van der Waals surface area contributed by atoms with Crippen LogP contribution in [0.25, 0.3) is 11.4 Å². The molecule has 10 heteroatoms. The van der Waals surface area contributed by atoms with E-state index in [1.54, 1.807) is 18.5 Å². The lowest BCUT2D eigenvalue weighted by Crippen LogP contribution is -2.18. The summed E-state index contributed by atoms with van der Waals surface area (Å²) < 4.78 is 10.3. The first-order valence-electron chi connectivity index (χ1n) is 7.17. The molecule has 9 nitrogen and oxygen atoms in total. The van der Waals surface area contributed by atoms with Crippen LogP contribution in [-0.4, -0.2) is 37.8 Å². The molecule has 0 aliphatic carbocycles. The zero-order valence-electron chi connectivity index (χ0n) is 12.8. The molecule has 24 heavy (non-hydrogen) atoms. The number of anilines is 1. The Kier molecular flexibility index (Phi) is 5.18. The molecule has 0 aliphatic heterocycles. The highest BCUT2D eigenvalue weighted by Crippen LogP contribution is 2.15. The molecule has 124 valence electrons. The lowest BCUT2D eigenvalue weighted by molar-refractivity contribution is -0.121. The Labute approximate surface area is 141 Å². The van der Waals surface area contributed by atoms with Crippen LogP contribution in [0, 0.1) is 0 Å². The molecule has 3 heterocycles. The van der Waals surface area contributed by atoms with Crippen LogP contribution in [0.1, 0.15) is 17.8 Å². The zero-order valence-corrected chi connectivity index (χ0v) is 13.6. The Morgan fingerprint density at radius 3 is 3.08 bits per heavy atom. The van der Waals surface area contributed by atoms with Crippen LogP contribution in [0.15, 0.2) is 29.0 Å². The first-order valence-corrected chi connectivity index (χ1v) is 7.99. The summed E-state index contributed by atoms with van der Waals surface area (Å²) >= 11 is 1.34. The van der Waals surface area contributed by atoms with Crippen LogP contribution in [0.5, 0.6) is 0 Å². The van der Waals surface area contributed by atoms with Gasteiger partial charge in [0.15, 0.2) is 0 Å². The van der Waals surface area contributed by atoms with Crippen molar-refractivity contribution in [1.29, 1.82) is 0 Å². The normalized spacial score (nSPS) is 10.7. The van der Waals surface area contributed by atoms with Gasteiger partial charge < -0.3 is 9.26 Å². The maximum absolute atomic E-state index is 11.8. The smallest absolute Gasteiger partial charge is 0.252 e. The highest BCUT2D eigenvalue weighted by molar-refractivity contribution is 7.15. The van der Waals surface area contributed by atoms with Gasteiger partial charge in [0, 0.05) is 18.0 Å². The van der Waals surface area contributed by atoms with Crippen LogP contribution in [0.2, 0.25) is 0 Å². The molecule has 1 N–H and O–H groups in total. The zero-order chi connectivity index (χ0) is 16.8. The maximum atomic E-state index is 11.8. The second-order valence-corrected chi connectivity index (χ2v) is 5.71. The number of amides is 1. The lowest BCUT2D eigenvalue weighted by Gasteiger charge is -2.00. The molecule has 0 aromatic carbocycles. The number of ether oxygens (including phenoxy) is 1. The standard InChI is InChI=1S/C14H14N6O3S/c1-2-12-18-19-14(24-12)16-10(21)7-22-8-11-17-13(20-23-11)9-4-3-5-15-6-9/h3-6H,2,7-8H2,1H3,(H,16,19,21). The summed E-state index contributed by atoms with van der Waals surface area (Å²) in [5.41, 5.74) is 0.744. The number of aryl methyl sites for hydroxylation is 1. The predicted octanol–water partition coefficient (Wildman–Crippen LogP) is 1.70. The van der Waals surface area contributed by atoms with E-state index in [2.05, 4.69) is 30.6 Å². The molecule has 0 bridgehead atoms. The molecule has 0 fully saturated rings. The number of hydrogen-bond acceptors (Lipinski definition) is 9. The SMILES string of the molecule is CCc1nnc(NC(=O)COCc2nc(-c3cccnc3)no2)s1. The maximum Gasteiger partial charge on any atom is 0.252 e. The predicted molar refractivity (Wildman–Crippen MR) is 85.1 cm³/mol. The van der Waals surface area contributed by atoms with E-state index in [1.807, 2.05) is 13.0 Å². The minimum atomic E-state index is -0.319. The lowest BCUT2D eigenvalue weighted by atomic mass is 10.3. The molecule has 0 spiro atoms. The summed E-state index contributed by atoms with van der Waals surface area (Å²) in [5, 5.41) is 15.6. The molecule has 0 radical (unpaired) electrons. The monoisotopic (exact) mass is 346 g/mol. The molecule has 0 saturated heterocycles. The average Bonchev–Trinajstić information content (AvgIpc) is 3.25. The van der Waals surface area contributed by atoms with Gasteiger partial charge in [-0.15, -0.1) is 10.2 Å². The van der Waals surface area contributed by atoms with Gasteiger partial charge in [0.2, 0.25) is 11.0 Å². The largest absolute Gasteiger partial charge is 0.362 e.